The van der Waals surface area contributed by atoms with Crippen molar-refractivity contribution in [2.24, 2.45) is 7.05 Å². The molecule has 3 aromatic carbocycles. The van der Waals surface area contributed by atoms with Gasteiger partial charge in [0.05, 0.1) is 40.7 Å². The second kappa shape index (κ2) is 12.3. The molecule has 45 heavy (non-hydrogen) atoms. The molecule has 9 nitrogen and oxygen atoms in total. The van der Waals surface area contributed by atoms with Crippen LogP contribution in [-0.2, 0) is 26.1 Å². The predicted octanol–water partition coefficient (Wildman–Crippen LogP) is 7.27. The van der Waals surface area contributed by atoms with Gasteiger partial charge in [-0.1, -0.05) is 23.7 Å². The number of methoxy groups -OCH3 is 1. The summed E-state index contributed by atoms with van der Waals surface area (Å²) < 4.78 is 19.9. The lowest BCUT2D eigenvalue weighted by atomic mass is 9.91. The lowest BCUT2D eigenvalue weighted by Crippen LogP contribution is -2.52. The van der Waals surface area contributed by atoms with E-state index in [0.717, 1.165) is 67.3 Å². The fourth-order valence-corrected chi connectivity index (χ4v) is 7.04. The van der Waals surface area contributed by atoms with Gasteiger partial charge < -0.3 is 24.2 Å². The number of hydrogen-bond donors (Lipinski definition) is 1. The minimum atomic E-state index is -1.17. The smallest absolute Gasteiger partial charge is 0.337 e. The van der Waals surface area contributed by atoms with Gasteiger partial charge in [-0.05, 0) is 75.2 Å². The number of benzene rings is 3. The number of carboxylic acid groups (broad SMARTS) is 1. The van der Waals surface area contributed by atoms with E-state index in [1.807, 2.05) is 69.8 Å². The molecule has 0 bridgehead atoms. The molecule has 236 valence electrons. The Bertz CT molecular complexity index is 1870. The molecule has 0 amide bonds. The van der Waals surface area contributed by atoms with Gasteiger partial charge in [0, 0.05) is 54.3 Å². The summed E-state index contributed by atoms with van der Waals surface area (Å²) in [5, 5.41) is 17.7. The molecular formula is C34H37ClN4O5S. The number of carboxylic acids is 1. The number of hydrogen-bond acceptors (Lipinski definition) is 8. The second-order valence-electron chi connectivity index (χ2n) is 12.4. The van der Waals surface area contributed by atoms with Crippen molar-refractivity contribution in [2.75, 3.05) is 38.3 Å². The average molecular weight is 649 g/mol. The van der Waals surface area contributed by atoms with Gasteiger partial charge in [-0.25, -0.2) is 9.78 Å². The monoisotopic (exact) mass is 648 g/mol. The summed E-state index contributed by atoms with van der Waals surface area (Å²) >= 11 is 7.80. The summed E-state index contributed by atoms with van der Waals surface area (Å²) in [6, 6.07) is 15.7. The number of anilines is 1. The van der Waals surface area contributed by atoms with E-state index in [-0.39, 0.29) is 6.10 Å². The second-order valence-corrected chi connectivity index (χ2v) is 13.8. The van der Waals surface area contributed by atoms with Crippen molar-refractivity contribution >= 4 is 55.8 Å². The topological polar surface area (TPSA) is 98.9 Å². The van der Waals surface area contributed by atoms with Crippen LogP contribution in [0, 0.1) is 6.92 Å². The number of nitrogens with zero attached hydrogens (tertiary/aromatic N) is 4. The van der Waals surface area contributed by atoms with Crippen LogP contribution in [0.15, 0.2) is 48.5 Å². The van der Waals surface area contributed by atoms with E-state index in [4.69, 9.17) is 35.9 Å². The van der Waals surface area contributed by atoms with E-state index in [0.29, 0.717) is 23.8 Å². The summed E-state index contributed by atoms with van der Waals surface area (Å²) in [5.41, 5.74) is 5.18. The average Bonchev–Trinajstić information content (AvgIpc) is 3.53. The Labute approximate surface area is 271 Å². The molecule has 1 aliphatic heterocycles. The van der Waals surface area contributed by atoms with Crippen molar-refractivity contribution in [1.29, 1.82) is 0 Å². The maximum atomic E-state index is 12.7. The van der Waals surface area contributed by atoms with E-state index in [2.05, 4.69) is 23.1 Å². The highest BCUT2D eigenvalue weighted by Crippen LogP contribution is 2.45. The zero-order chi connectivity index (χ0) is 32.0. The van der Waals surface area contributed by atoms with Crippen LogP contribution >= 0.6 is 22.9 Å². The van der Waals surface area contributed by atoms with Crippen LogP contribution in [0.3, 0.4) is 0 Å². The molecule has 11 heteroatoms. The minimum absolute atomic E-state index is 0.158. The first-order valence-electron chi connectivity index (χ1n) is 14.9. The number of thiazole rings is 1. The van der Waals surface area contributed by atoms with Gasteiger partial charge in [0.2, 0.25) is 0 Å². The Balaban J connectivity index is 1.45. The molecule has 5 aromatic rings. The molecule has 0 radical (unpaired) electrons. The molecule has 1 unspecified atom stereocenters. The zero-order valence-corrected chi connectivity index (χ0v) is 27.8. The van der Waals surface area contributed by atoms with Gasteiger partial charge in [-0.3, -0.25) is 4.68 Å². The van der Waals surface area contributed by atoms with Gasteiger partial charge in [0.25, 0.3) is 0 Å². The van der Waals surface area contributed by atoms with Gasteiger partial charge in [0.1, 0.15) is 5.01 Å². The third-order valence-corrected chi connectivity index (χ3v) is 9.27. The molecule has 1 aliphatic rings. The molecular weight excluding hydrogens is 612 g/mol. The third-order valence-electron chi connectivity index (χ3n) is 7.88. The van der Waals surface area contributed by atoms with Gasteiger partial charge in [0.15, 0.2) is 11.9 Å². The Kier molecular flexibility index (Phi) is 8.62. The SMILES string of the molecule is COCCOC1CN(c2nn(C)c3ccc(-c4nc5cc(C)c(C(OC(C)(C)C)C(=O)O)c(-c6ccc(Cl)cc6)c5s4)cc23)C1. The van der Waals surface area contributed by atoms with Crippen molar-refractivity contribution in [3.05, 3.63) is 64.7 Å². The summed E-state index contributed by atoms with van der Waals surface area (Å²) in [4.78, 5) is 20.0. The highest BCUT2D eigenvalue weighted by molar-refractivity contribution is 7.22. The molecule has 3 heterocycles. The van der Waals surface area contributed by atoms with Gasteiger partial charge in [-0.2, -0.15) is 5.10 Å². The first kappa shape index (κ1) is 31.4. The molecule has 0 spiro atoms. The highest BCUT2D eigenvalue weighted by Gasteiger charge is 2.33. The summed E-state index contributed by atoms with van der Waals surface area (Å²) in [6.45, 7) is 10.2. The molecule has 1 fully saturated rings. The number of carbonyl (C=O) groups is 1. The molecule has 1 atom stereocenters. The van der Waals surface area contributed by atoms with Gasteiger partial charge >= 0.3 is 5.97 Å². The number of rotatable bonds is 10. The summed E-state index contributed by atoms with van der Waals surface area (Å²) in [5.74, 6) is -0.120. The van der Waals surface area contributed by atoms with E-state index in [9.17, 15) is 9.90 Å². The van der Waals surface area contributed by atoms with Crippen LogP contribution in [0.2, 0.25) is 5.02 Å². The highest BCUT2D eigenvalue weighted by atomic mass is 35.5. The summed E-state index contributed by atoms with van der Waals surface area (Å²) in [6.07, 6.45) is -1.01. The van der Waals surface area contributed by atoms with Crippen molar-refractivity contribution < 1.29 is 24.1 Å². The molecule has 1 saturated heterocycles. The van der Waals surface area contributed by atoms with Crippen LogP contribution in [0.25, 0.3) is 42.8 Å². The van der Waals surface area contributed by atoms with Crippen molar-refractivity contribution in [1.82, 2.24) is 14.8 Å². The predicted molar refractivity (Wildman–Crippen MR) is 180 cm³/mol. The molecule has 0 aliphatic carbocycles. The lowest BCUT2D eigenvalue weighted by Gasteiger charge is -2.39. The number of halogens is 1. The fourth-order valence-electron chi connectivity index (χ4n) is 5.79. The standard InChI is InChI=1S/C34H37ClN4O5S/c1-19-15-25-30(28(20-7-10-22(35)11-8-20)27(19)29(33(40)41)44-34(2,3)4)45-32(36-25)21-9-12-26-24(16-21)31(37-38(26)5)39-17-23(18-39)43-14-13-42-6/h7-12,15-16,23,29H,13-14,17-18H2,1-6H3,(H,40,41). The third kappa shape index (κ3) is 6.30. The maximum absolute atomic E-state index is 12.7. The Morgan fingerprint density at radius 3 is 2.49 bits per heavy atom. The minimum Gasteiger partial charge on any atom is -0.479 e. The number of fused-ring (bicyclic) bond motifs is 2. The summed E-state index contributed by atoms with van der Waals surface area (Å²) in [7, 11) is 3.63. The Morgan fingerprint density at radius 2 is 1.82 bits per heavy atom. The van der Waals surface area contributed by atoms with Crippen LogP contribution in [0.5, 0.6) is 0 Å². The van der Waals surface area contributed by atoms with E-state index in [1.54, 1.807) is 18.4 Å². The number of aryl methyl sites for hydroxylation is 2. The normalized spacial score (nSPS) is 14.8. The molecule has 1 N–H and O–H groups in total. The van der Waals surface area contributed by atoms with Crippen LogP contribution < -0.4 is 4.90 Å². The molecule has 0 saturated carbocycles. The number of aromatic nitrogens is 3. The van der Waals surface area contributed by atoms with Gasteiger partial charge in [-0.15, -0.1) is 11.3 Å². The van der Waals surface area contributed by atoms with Crippen molar-refractivity contribution in [3.8, 4) is 21.7 Å². The van der Waals surface area contributed by atoms with E-state index < -0.39 is 17.7 Å². The number of aliphatic carboxylic acids is 1. The first-order chi connectivity index (χ1) is 21.4. The number of ether oxygens (including phenoxy) is 3. The Hall–Kier alpha value is -3.54. The largest absolute Gasteiger partial charge is 0.479 e. The van der Waals surface area contributed by atoms with E-state index in [1.165, 1.54) is 0 Å². The first-order valence-corrected chi connectivity index (χ1v) is 16.1. The van der Waals surface area contributed by atoms with Crippen LogP contribution in [0.1, 0.15) is 38.0 Å². The van der Waals surface area contributed by atoms with Crippen LogP contribution in [-0.4, -0.2) is 71.0 Å². The molecule has 2 aromatic heterocycles. The van der Waals surface area contributed by atoms with Crippen molar-refractivity contribution in [2.45, 2.75) is 45.5 Å². The quantitative estimate of drug-likeness (QED) is 0.158. The zero-order valence-electron chi connectivity index (χ0n) is 26.3. The molecule has 6 rings (SSSR count). The van der Waals surface area contributed by atoms with Crippen LogP contribution in [0.4, 0.5) is 5.82 Å². The van der Waals surface area contributed by atoms with E-state index >= 15 is 0 Å². The van der Waals surface area contributed by atoms with Crippen molar-refractivity contribution in [3.63, 3.8) is 0 Å². The maximum Gasteiger partial charge on any atom is 0.337 e. The lowest BCUT2D eigenvalue weighted by molar-refractivity contribution is -0.160. The fraction of sp³-hybridized carbons (Fsp3) is 0.382. The Morgan fingerprint density at radius 1 is 1.11 bits per heavy atom.